The number of rotatable bonds is 7. The van der Waals surface area contributed by atoms with E-state index in [1.165, 1.54) is 0 Å². The monoisotopic (exact) mass is 378 g/mol. The lowest BCUT2D eigenvalue weighted by atomic mass is 10.1. The first-order valence-corrected chi connectivity index (χ1v) is 9.01. The summed E-state index contributed by atoms with van der Waals surface area (Å²) in [5, 5.41) is 10.7. The van der Waals surface area contributed by atoms with E-state index in [1.54, 1.807) is 31.2 Å². The summed E-state index contributed by atoms with van der Waals surface area (Å²) in [6.07, 6.45) is 1.00. The molecule has 3 rings (SSSR count). The van der Waals surface area contributed by atoms with E-state index < -0.39 is 0 Å². The molecule has 0 spiro atoms. The van der Waals surface area contributed by atoms with E-state index in [-0.39, 0.29) is 23.8 Å². The van der Waals surface area contributed by atoms with Gasteiger partial charge >= 0.3 is 0 Å². The number of benzene rings is 2. The summed E-state index contributed by atoms with van der Waals surface area (Å²) < 4.78 is 0. The van der Waals surface area contributed by atoms with Crippen LogP contribution in [0.25, 0.3) is 0 Å². The third-order valence-electron chi connectivity index (χ3n) is 4.34. The second kappa shape index (κ2) is 8.85. The number of anilines is 2. The van der Waals surface area contributed by atoms with Crippen LogP contribution in [0.2, 0.25) is 0 Å². The zero-order valence-corrected chi connectivity index (χ0v) is 15.5. The summed E-state index contributed by atoms with van der Waals surface area (Å²) in [4.78, 5) is 36.0. The van der Waals surface area contributed by atoms with Gasteiger partial charge in [-0.15, -0.1) is 0 Å². The van der Waals surface area contributed by atoms with Gasteiger partial charge in [0.25, 0.3) is 5.56 Å². The van der Waals surface area contributed by atoms with E-state index in [9.17, 15) is 14.4 Å². The zero-order valence-electron chi connectivity index (χ0n) is 15.5. The lowest BCUT2D eigenvalue weighted by molar-refractivity contribution is -0.116. The van der Waals surface area contributed by atoms with Gasteiger partial charge in [-0.2, -0.15) is 0 Å². The highest BCUT2D eigenvalue weighted by Crippen LogP contribution is 2.16. The van der Waals surface area contributed by atoms with Crippen molar-refractivity contribution in [2.24, 2.45) is 0 Å². The average Bonchev–Trinajstić information content (AvgIpc) is 2.99. The van der Waals surface area contributed by atoms with Crippen molar-refractivity contribution >= 4 is 23.2 Å². The summed E-state index contributed by atoms with van der Waals surface area (Å²) in [7, 11) is 0. The number of H-pyrrole nitrogens is 2. The Kier molecular flexibility index (Phi) is 6.06. The van der Waals surface area contributed by atoms with Crippen LogP contribution in [0.5, 0.6) is 0 Å². The minimum Gasteiger partial charge on any atom is -0.326 e. The average molecular weight is 378 g/mol. The molecule has 0 fully saturated rings. The van der Waals surface area contributed by atoms with Crippen molar-refractivity contribution in [3.63, 3.8) is 0 Å². The largest absolute Gasteiger partial charge is 0.326 e. The number of amides is 2. The summed E-state index contributed by atoms with van der Waals surface area (Å²) >= 11 is 0. The molecule has 2 aromatic carbocycles. The third-order valence-corrected chi connectivity index (χ3v) is 4.34. The Morgan fingerprint density at radius 3 is 2.21 bits per heavy atom. The lowest BCUT2D eigenvalue weighted by Crippen LogP contribution is -2.19. The molecule has 7 heteroatoms. The molecular weight excluding hydrogens is 356 g/mol. The molecule has 0 aliphatic carbocycles. The van der Waals surface area contributed by atoms with Crippen molar-refractivity contribution < 1.29 is 9.59 Å². The van der Waals surface area contributed by atoms with Crippen LogP contribution in [0, 0.1) is 6.92 Å². The Labute approximate surface area is 162 Å². The van der Waals surface area contributed by atoms with E-state index in [0.717, 1.165) is 5.56 Å². The van der Waals surface area contributed by atoms with Gasteiger partial charge in [-0.3, -0.25) is 19.5 Å². The van der Waals surface area contributed by atoms with Crippen molar-refractivity contribution in [3.8, 4) is 0 Å². The Bertz CT molecular complexity index is 1020. The number of aromatic amines is 2. The van der Waals surface area contributed by atoms with Gasteiger partial charge in [-0.25, -0.2) is 0 Å². The number of hydrogen-bond acceptors (Lipinski definition) is 3. The number of carbonyl (C=O) groups excluding carboxylic acids is 2. The first-order valence-electron chi connectivity index (χ1n) is 9.01. The molecule has 0 bridgehead atoms. The smallest absolute Gasteiger partial charge is 0.267 e. The number of hydrogen-bond donors (Lipinski definition) is 4. The topological polar surface area (TPSA) is 107 Å². The molecule has 144 valence electrons. The van der Waals surface area contributed by atoms with Gasteiger partial charge in [0.2, 0.25) is 11.8 Å². The molecule has 0 radical (unpaired) electrons. The van der Waals surface area contributed by atoms with Crippen LogP contribution in [0.4, 0.5) is 11.4 Å². The molecule has 7 nitrogen and oxygen atoms in total. The molecule has 0 saturated heterocycles. The maximum atomic E-state index is 12.2. The molecule has 1 aromatic heterocycles. The fourth-order valence-electron chi connectivity index (χ4n) is 2.85. The second-order valence-corrected chi connectivity index (χ2v) is 6.52. The molecule has 4 N–H and O–H groups in total. The maximum Gasteiger partial charge on any atom is 0.267 e. The molecular formula is C21H22N4O3. The first kappa shape index (κ1) is 19.2. The first-order chi connectivity index (χ1) is 13.5. The highest BCUT2D eigenvalue weighted by molar-refractivity contribution is 5.94. The Morgan fingerprint density at radius 1 is 0.893 bits per heavy atom. The number of aromatic nitrogens is 2. The normalized spacial score (nSPS) is 10.5. The highest BCUT2D eigenvalue weighted by Gasteiger charge is 2.12. The Hall–Kier alpha value is -3.61. The summed E-state index contributed by atoms with van der Waals surface area (Å²) in [5.74, 6) is -0.400. The van der Waals surface area contributed by atoms with E-state index >= 15 is 0 Å². The Balaban J connectivity index is 1.55. The van der Waals surface area contributed by atoms with Gasteiger partial charge < -0.3 is 15.7 Å². The molecule has 1 heterocycles. The van der Waals surface area contributed by atoms with Crippen molar-refractivity contribution in [1.82, 2.24) is 10.2 Å². The number of carbonyl (C=O) groups is 2. The third kappa shape index (κ3) is 5.20. The lowest BCUT2D eigenvalue weighted by Gasteiger charge is -2.09. The van der Waals surface area contributed by atoms with Crippen molar-refractivity contribution in [2.75, 3.05) is 10.6 Å². The SMILES string of the molecule is Cc1[nH][nH]c(=O)c1CC(=O)Nc1cccc(NC(=O)CCc2ccccc2)c1. The fourth-order valence-corrected chi connectivity index (χ4v) is 2.85. The van der Waals surface area contributed by atoms with Crippen LogP contribution in [-0.2, 0) is 22.4 Å². The fraction of sp³-hybridized carbons (Fsp3) is 0.190. The van der Waals surface area contributed by atoms with E-state index in [2.05, 4.69) is 20.8 Å². The summed E-state index contributed by atoms with van der Waals surface area (Å²) in [6.45, 7) is 1.73. The predicted molar refractivity (Wildman–Crippen MR) is 108 cm³/mol. The van der Waals surface area contributed by atoms with Crippen molar-refractivity contribution in [3.05, 3.63) is 81.8 Å². The summed E-state index contributed by atoms with van der Waals surface area (Å²) in [6, 6.07) is 16.7. The minimum absolute atomic E-state index is 0.0294. The van der Waals surface area contributed by atoms with Gasteiger partial charge in [-0.1, -0.05) is 36.4 Å². The number of nitrogens with one attached hydrogen (secondary N) is 4. The van der Waals surface area contributed by atoms with E-state index in [4.69, 9.17) is 0 Å². The highest BCUT2D eigenvalue weighted by atomic mass is 16.2. The number of aryl methyl sites for hydroxylation is 2. The second-order valence-electron chi connectivity index (χ2n) is 6.52. The Morgan fingerprint density at radius 2 is 1.57 bits per heavy atom. The molecule has 0 atom stereocenters. The molecule has 0 unspecified atom stereocenters. The molecule has 0 aliphatic heterocycles. The van der Waals surface area contributed by atoms with Crippen LogP contribution in [-0.4, -0.2) is 22.0 Å². The van der Waals surface area contributed by atoms with Crippen LogP contribution in [0.15, 0.2) is 59.4 Å². The van der Waals surface area contributed by atoms with Crippen LogP contribution in [0.1, 0.15) is 23.2 Å². The van der Waals surface area contributed by atoms with E-state index in [1.807, 2.05) is 30.3 Å². The van der Waals surface area contributed by atoms with Gasteiger partial charge in [0.15, 0.2) is 0 Å². The van der Waals surface area contributed by atoms with Gasteiger partial charge in [-0.05, 0) is 37.1 Å². The molecule has 0 aliphatic rings. The minimum atomic E-state index is -0.305. The molecule has 2 amide bonds. The standard InChI is InChI=1S/C21H22N4O3/c1-14-18(21(28)25-24-14)13-20(27)23-17-9-5-8-16(12-17)22-19(26)11-10-15-6-3-2-4-7-15/h2-9,12H,10-11,13H2,1H3,(H,22,26)(H,23,27)(H2,24,25,28). The van der Waals surface area contributed by atoms with Crippen LogP contribution >= 0.6 is 0 Å². The van der Waals surface area contributed by atoms with Gasteiger partial charge in [0, 0.05) is 29.1 Å². The van der Waals surface area contributed by atoms with Crippen LogP contribution in [0.3, 0.4) is 0 Å². The van der Waals surface area contributed by atoms with Crippen molar-refractivity contribution in [1.29, 1.82) is 0 Å². The zero-order chi connectivity index (χ0) is 19.9. The van der Waals surface area contributed by atoms with Gasteiger partial charge in [0.1, 0.15) is 0 Å². The molecule has 3 aromatic rings. The van der Waals surface area contributed by atoms with Crippen LogP contribution < -0.4 is 16.2 Å². The molecule has 0 saturated carbocycles. The van der Waals surface area contributed by atoms with E-state index in [0.29, 0.717) is 35.5 Å². The quantitative estimate of drug-likeness (QED) is 0.508. The van der Waals surface area contributed by atoms with Crippen molar-refractivity contribution in [2.45, 2.75) is 26.2 Å². The van der Waals surface area contributed by atoms with Gasteiger partial charge in [0.05, 0.1) is 6.42 Å². The predicted octanol–water partition coefficient (Wildman–Crippen LogP) is 2.76. The maximum absolute atomic E-state index is 12.2. The molecule has 28 heavy (non-hydrogen) atoms. The summed E-state index contributed by atoms with van der Waals surface area (Å²) in [5.41, 5.74) is 3.00.